The van der Waals surface area contributed by atoms with Gasteiger partial charge in [-0.1, -0.05) is 30.3 Å². The largest absolute Gasteiger partial charge is 0.438 e. The molecule has 8 nitrogen and oxygen atoms in total. The molecule has 0 radical (unpaired) electrons. The van der Waals surface area contributed by atoms with Crippen molar-refractivity contribution >= 4 is 34.9 Å². The van der Waals surface area contributed by atoms with Gasteiger partial charge in [-0.05, 0) is 46.8 Å². The lowest BCUT2D eigenvalue weighted by atomic mass is 9.99. The molecule has 36 heavy (non-hydrogen) atoms. The van der Waals surface area contributed by atoms with Crippen molar-refractivity contribution in [1.29, 1.82) is 0 Å². The van der Waals surface area contributed by atoms with Gasteiger partial charge in [-0.15, -0.1) is 11.3 Å². The maximum absolute atomic E-state index is 13.6. The molecule has 186 valence electrons. The van der Waals surface area contributed by atoms with Crippen LogP contribution in [0.2, 0.25) is 0 Å². The van der Waals surface area contributed by atoms with Gasteiger partial charge in [0.25, 0.3) is 5.91 Å². The number of morpholine rings is 1. The molecule has 0 aliphatic carbocycles. The molecule has 1 N–H and O–H groups in total. The van der Waals surface area contributed by atoms with Gasteiger partial charge in [-0.25, -0.2) is 9.18 Å². The molecule has 3 amide bonds. The number of amides is 3. The van der Waals surface area contributed by atoms with E-state index >= 15 is 0 Å². The lowest BCUT2D eigenvalue weighted by Crippen LogP contribution is -2.51. The number of carbonyl (C=O) groups excluding carboxylic acids is 3. The van der Waals surface area contributed by atoms with Gasteiger partial charge >= 0.3 is 6.09 Å². The molecule has 2 fully saturated rings. The highest BCUT2D eigenvalue weighted by Crippen LogP contribution is 2.35. The number of cyclic esters (lactones) is 1. The average molecular weight is 510 g/mol. The van der Waals surface area contributed by atoms with Crippen molar-refractivity contribution in [3.8, 4) is 0 Å². The minimum Gasteiger partial charge on any atom is -0.438 e. The number of ether oxygens (including phenoxy) is 2. The summed E-state index contributed by atoms with van der Waals surface area (Å²) >= 11 is 1.35. The van der Waals surface area contributed by atoms with Crippen LogP contribution in [0.3, 0.4) is 0 Å². The van der Waals surface area contributed by atoms with Gasteiger partial charge in [0.1, 0.15) is 5.82 Å². The Morgan fingerprint density at radius 2 is 1.75 bits per heavy atom. The molecule has 10 heteroatoms. The van der Waals surface area contributed by atoms with E-state index in [9.17, 15) is 18.8 Å². The summed E-state index contributed by atoms with van der Waals surface area (Å²) in [7, 11) is 0. The van der Waals surface area contributed by atoms with Crippen LogP contribution in [0.5, 0.6) is 0 Å². The molecule has 3 heterocycles. The monoisotopic (exact) mass is 509 g/mol. The topological polar surface area (TPSA) is 88.2 Å². The Kier molecular flexibility index (Phi) is 6.97. The van der Waals surface area contributed by atoms with Crippen molar-refractivity contribution < 1.29 is 28.2 Å². The molecule has 3 aromatic rings. The standard InChI is InChI=1S/C26H24FN3O5S/c27-19-7-3-17(4-8-19)16-30-22(25(32)29-11-13-34-14-12-29)23(35-26(30)33)18-5-9-20(10-6-18)28-24(31)21-2-1-15-36-21/h1-10,15,22-23H,11-14,16H2,(H,28,31). The number of carbonyl (C=O) groups is 3. The molecular formula is C26H24FN3O5S. The third-order valence-corrected chi connectivity index (χ3v) is 7.04. The number of benzene rings is 2. The molecule has 1 aromatic heterocycles. The molecule has 0 spiro atoms. The molecule has 5 rings (SSSR count). The number of anilines is 1. The Morgan fingerprint density at radius 1 is 1.03 bits per heavy atom. The highest BCUT2D eigenvalue weighted by molar-refractivity contribution is 7.12. The van der Waals surface area contributed by atoms with Crippen molar-refractivity contribution in [3.63, 3.8) is 0 Å². The summed E-state index contributed by atoms with van der Waals surface area (Å²) in [6.45, 7) is 1.80. The lowest BCUT2D eigenvalue weighted by Gasteiger charge is -2.32. The molecule has 2 aliphatic heterocycles. The number of nitrogens with one attached hydrogen (secondary N) is 1. The fourth-order valence-corrected chi connectivity index (χ4v) is 4.93. The van der Waals surface area contributed by atoms with E-state index in [1.165, 1.54) is 28.4 Å². The van der Waals surface area contributed by atoms with Crippen LogP contribution >= 0.6 is 11.3 Å². The van der Waals surface area contributed by atoms with Crippen molar-refractivity contribution in [2.75, 3.05) is 31.6 Å². The van der Waals surface area contributed by atoms with Gasteiger partial charge in [-0.2, -0.15) is 0 Å². The van der Waals surface area contributed by atoms with Gasteiger partial charge in [0.15, 0.2) is 12.1 Å². The van der Waals surface area contributed by atoms with Crippen molar-refractivity contribution in [3.05, 3.63) is 87.9 Å². The number of hydrogen-bond donors (Lipinski definition) is 1. The molecule has 2 atom stereocenters. The van der Waals surface area contributed by atoms with Crippen LogP contribution in [0, 0.1) is 5.82 Å². The zero-order valence-electron chi connectivity index (χ0n) is 19.3. The summed E-state index contributed by atoms with van der Waals surface area (Å²) in [6.07, 6.45) is -1.46. The zero-order valence-corrected chi connectivity index (χ0v) is 20.1. The first-order valence-electron chi connectivity index (χ1n) is 11.5. The summed E-state index contributed by atoms with van der Waals surface area (Å²) in [6, 6.07) is 15.4. The van der Waals surface area contributed by atoms with E-state index in [1.807, 2.05) is 5.38 Å². The third-order valence-electron chi connectivity index (χ3n) is 6.17. The van der Waals surface area contributed by atoms with E-state index in [0.717, 1.165) is 0 Å². The van der Waals surface area contributed by atoms with Crippen LogP contribution in [-0.4, -0.2) is 60.1 Å². The minimum atomic E-state index is -0.896. The van der Waals surface area contributed by atoms with Crippen LogP contribution in [0.25, 0.3) is 0 Å². The maximum atomic E-state index is 13.6. The van der Waals surface area contributed by atoms with Gasteiger partial charge < -0.3 is 19.7 Å². The summed E-state index contributed by atoms with van der Waals surface area (Å²) in [5.74, 6) is -0.824. The molecule has 2 aliphatic rings. The van der Waals surface area contributed by atoms with E-state index in [4.69, 9.17) is 9.47 Å². The molecule has 0 bridgehead atoms. The first-order valence-corrected chi connectivity index (χ1v) is 12.4. The lowest BCUT2D eigenvalue weighted by molar-refractivity contribution is -0.141. The Hall–Kier alpha value is -3.76. The molecule has 2 saturated heterocycles. The third kappa shape index (κ3) is 5.09. The van der Waals surface area contributed by atoms with E-state index in [1.54, 1.807) is 53.4 Å². The van der Waals surface area contributed by atoms with E-state index < -0.39 is 18.2 Å². The molecular weight excluding hydrogens is 485 g/mol. The van der Waals surface area contributed by atoms with Crippen LogP contribution < -0.4 is 5.32 Å². The summed E-state index contributed by atoms with van der Waals surface area (Å²) in [5.41, 5.74) is 1.90. The van der Waals surface area contributed by atoms with E-state index in [2.05, 4.69) is 5.32 Å². The van der Waals surface area contributed by atoms with E-state index in [0.29, 0.717) is 48.0 Å². The number of hydrogen-bond acceptors (Lipinski definition) is 6. The van der Waals surface area contributed by atoms with Crippen molar-refractivity contribution in [2.24, 2.45) is 0 Å². The minimum absolute atomic E-state index is 0.102. The molecule has 2 aromatic carbocycles. The van der Waals surface area contributed by atoms with Crippen LogP contribution in [0.15, 0.2) is 66.0 Å². The van der Waals surface area contributed by atoms with Gasteiger partial charge in [0.2, 0.25) is 5.91 Å². The maximum Gasteiger partial charge on any atom is 0.411 e. The fourth-order valence-electron chi connectivity index (χ4n) is 4.31. The first-order chi connectivity index (χ1) is 17.5. The number of rotatable bonds is 6. The highest BCUT2D eigenvalue weighted by atomic mass is 32.1. The summed E-state index contributed by atoms with van der Waals surface area (Å²) in [4.78, 5) is 42.6. The Bertz CT molecular complexity index is 1230. The van der Waals surface area contributed by atoms with Crippen molar-refractivity contribution in [2.45, 2.75) is 18.7 Å². The van der Waals surface area contributed by atoms with Crippen LogP contribution in [0.1, 0.15) is 26.9 Å². The van der Waals surface area contributed by atoms with Crippen LogP contribution in [0.4, 0.5) is 14.9 Å². The highest BCUT2D eigenvalue weighted by Gasteiger charge is 2.48. The number of thiophene rings is 1. The Morgan fingerprint density at radius 3 is 2.42 bits per heavy atom. The second-order valence-electron chi connectivity index (χ2n) is 8.49. The normalized spacial score (nSPS) is 19.8. The average Bonchev–Trinajstić information content (AvgIpc) is 3.55. The zero-order chi connectivity index (χ0) is 25.1. The van der Waals surface area contributed by atoms with E-state index in [-0.39, 0.29) is 24.2 Å². The summed E-state index contributed by atoms with van der Waals surface area (Å²) < 4.78 is 24.5. The SMILES string of the molecule is O=C(Nc1ccc(C2OC(=O)N(Cc3ccc(F)cc3)C2C(=O)N2CCOCC2)cc1)c1cccs1. The Labute approximate surface area is 211 Å². The van der Waals surface area contributed by atoms with Crippen LogP contribution in [-0.2, 0) is 20.8 Å². The smallest absolute Gasteiger partial charge is 0.411 e. The fraction of sp³-hybridized carbons (Fsp3) is 0.269. The number of halogens is 1. The van der Waals surface area contributed by atoms with Gasteiger partial charge in [0.05, 0.1) is 24.6 Å². The van der Waals surface area contributed by atoms with Gasteiger partial charge in [-0.3, -0.25) is 14.5 Å². The van der Waals surface area contributed by atoms with Crippen molar-refractivity contribution in [1.82, 2.24) is 9.80 Å². The quantitative estimate of drug-likeness (QED) is 0.542. The first kappa shape index (κ1) is 24.0. The summed E-state index contributed by atoms with van der Waals surface area (Å²) in [5, 5.41) is 4.67. The van der Waals surface area contributed by atoms with Gasteiger partial charge in [0, 0.05) is 18.8 Å². The second-order valence-corrected chi connectivity index (χ2v) is 9.44. The number of nitrogens with zero attached hydrogens (tertiary/aromatic N) is 2. The predicted molar refractivity (Wildman–Crippen MR) is 131 cm³/mol. The predicted octanol–water partition coefficient (Wildman–Crippen LogP) is 4.06. The molecule has 0 saturated carbocycles. The Balaban J connectivity index is 1.39. The molecule has 2 unspecified atom stereocenters. The second kappa shape index (κ2) is 10.5.